The van der Waals surface area contributed by atoms with Crippen LogP contribution in [0.2, 0.25) is 0 Å². The minimum absolute atomic E-state index is 0.152. The lowest BCUT2D eigenvalue weighted by Crippen LogP contribution is -2.58. The third-order valence-corrected chi connectivity index (χ3v) is 5.28. The number of nitrogens with zero attached hydrogens (tertiary/aromatic N) is 2. The fourth-order valence-corrected chi connectivity index (χ4v) is 4.00. The molecule has 2 aliphatic rings. The van der Waals surface area contributed by atoms with E-state index in [1.807, 2.05) is 24.8 Å². The largest absolute Gasteiger partial charge is 0.475 e. The summed E-state index contributed by atoms with van der Waals surface area (Å²) in [4.78, 5) is 18.1. The van der Waals surface area contributed by atoms with Gasteiger partial charge >= 0.3 is 0 Å². The first-order valence-electron chi connectivity index (χ1n) is 8.78. The van der Waals surface area contributed by atoms with Crippen molar-refractivity contribution in [3.8, 4) is 5.88 Å². The summed E-state index contributed by atoms with van der Waals surface area (Å²) in [5.74, 6) is 1.50. The van der Waals surface area contributed by atoms with Crippen LogP contribution in [0.4, 0.5) is 0 Å². The van der Waals surface area contributed by atoms with Crippen molar-refractivity contribution in [1.29, 1.82) is 0 Å². The van der Waals surface area contributed by atoms with Crippen LogP contribution in [0, 0.1) is 12.3 Å². The molecule has 1 spiro atoms. The molecule has 3 rings (SSSR count). The number of pyridine rings is 1. The minimum Gasteiger partial charge on any atom is -0.475 e. The first kappa shape index (κ1) is 16.3. The maximum absolute atomic E-state index is 11.4. The molecule has 0 radical (unpaired) electrons. The van der Waals surface area contributed by atoms with Crippen molar-refractivity contribution in [2.24, 2.45) is 5.41 Å². The zero-order valence-electron chi connectivity index (χ0n) is 14.8. The van der Waals surface area contributed by atoms with Crippen LogP contribution >= 0.6 is 0 Å². The Balaban J connectivity index is 1.64. The predicted octanol–water partition coefficient (Wildman–Crippen LogP) is 3.68. The van der Waals surface area contributed by atoms with Gasteiger partial charge in [-0.3, -0.25) is 4.79 Å². The number of hydrogen-bond donors (Lipinski definition) is 0. The lowest BCUT2D eigenvalue weighted by Gasteiger charge is -2.53. The highest BCUT2D eigenvalue weighted by Gasteiger charge is 2.46. The molecule has 4 nitrogen and oxygen atoms in total. The van der Waals surface area contributed by atoms with Crippen molar-refractivity contribution in [3.63, 3.8) is 0 Å². The molecule has 1 aromatic heterocycles. The molecule has 1 saturated heterocycles. The van der Waals surface area contributed by atoms with E-state index in [4.69, 9.17) is 9.72 Å². The predicted molar refractivity (Wildman–Crippen MR) is 90.6 cm³/mol. The molecular formula is C19H28N2O2. The second kappa shape index (κ2) is 6.14. The van der Waals surface area contributed by atoms with E-state index in [1.165, 1.54) is 36.9 Å². The molecule has 2 heterocycles. The van der Waals surface area contributed by atoms with Gasteiger partial charge in [0.05, 0.1) is 6.10 Å². The molecule has 4 heteroatoms. The Morgan fingerprint density at radius 1 is 1.30 bits per heavy atom. The molecule has 0 bridgehead atoms. The van der Waals surface area contributed by atoms with Crippen LogP contribution in [-0.4, -0.2) is 35.0 Å². The zero-order valence-corrected chi connectivity index (χ0v) is 14.8. The van der Waals surface area contributed by atoms with Gasteiger partial charge in [-0.1, -0.05) is 0 Å². The summed E-state index contributed by atoms with van der Waals surface area (Å²) in [7, 11) is 0. The summed E-state index contributed by atoms with van der Waals surface area (Å²) in [5, 5.41) is 0. The first-order valence-corrected chi connectivity index (χ1v) is 8.78. The zero-order chi connectivity index (χ0) is 16.6. The molecule has 0 unspecified atom stereocenters. The SMILES string of the molecule is CC(=O)N1CC2(CCC(c3cc(C)cc(OC(C)C)n3)CC2)C1. The van der Waals surface area contributed by atoms with E-state index in [-0.39, 0.29) is 12.0 Å². The van der Waals surface area contributed by atoms with E-state index in [0.29, 0.717) is 11.3 Å². The van der Waals surface area contributed by atoms with E-state index in [2.05, 4.69) is 13.0 Å². The monoisotopic (exact) mass is 316 g/mol. The lowest BCUT2D eigenvalue weighted by molar-refractivity contribution is -0.143. The maximum Gasteiger partial charge on any atom is 0.219 e. The Bertz CT molecular complexity index is 581. The molecule has 0 aromatic carbocycles. The Morgan fingerprint density at radius 3 is 2.52 bits per heavy atom. The van der Waals surface area contributed by atoms with Gasteiger partial charge in [0.2, 0.25) is 11.8 Å². The fraction of sp³-hybridized carbons (Fsp3) is 0.684. The summed E-state index contributed by atoms with van der Waals surface area (Å²) >= 11 is 0. The van der Waals surface area contributed by atoms with Gasteiger partial charge in [-0.15, -0.1) is 0 Å². The van der Waals surface area contributed by atoms with Crippen LogP contribution in [0.5, 0.6) is 5.88 Å². The molecule has 126 valence electrons. The fourth-order valence-electron chi connectivity index (χ4n) is 4.00. The molecule has 1 aliphatic heterocycles. The lowest BCUT2D eigenvalue weighted by atomic mass is 9.65. The Hall–Kier alpha value is -1.58. The number of ether oxygens (including phenoxy) is 1. The number of aromatic nitrogens is 1. The second-order valence-corrected chi connectivity index (χ2v) is 7.72. The third kappa shape index (κ3) is 3.51. The van der Waals surface area contributed by atoms with E-state index in [0.717, 1.165) is 19.0 Å². The van der Waals surface area contributed by atoms with Crippen LogP contribution in [0.3, 0.4) is 0 Å². The minimum atomic E-state index is 0.152. The summed E-state index contributed by atoms with van der Waals surface area (Å²) in [6.45, 7) is 9.76. The van der Waals surface area contributed by atoms with E-state index in [9.17, 15) is 4.79 Å². The van der Waals surface area contributed by atoms with Crippen molar-refractivity contribution in [2.75, 3.05) is 13.1 Å². The van der Waals surface area contributed by atoms with Gasteiger partial charge in [-0.25, -0.2) is 4.98 Å². The smallest absolute Gasteiger partial charge is 0.219 e. The van der Waals surface area contributed by atoms with Gasteiger partial charge in [0.25, 0.3) is 0 Å². The molecule has 1 amide bonds. The standard InChI is InChI=1S/C19H28N2O2/c1-13(2)23-18-10-14(3)9-17(20-18)16-5-7-19(8-6-16)11-21(12-19)15(4)22/h9-10,13,16H,5-8,11-12H2,1-4H3. The van der Waals surface area contributed by atoms with Crippen molar-refractivity contribution < 1.29 is 9.53 Å². The van der Waals surface area contributed by atoms with Gasteiger partial charge in [0.1, 0.15) is 0 Å². The van der Waals surface area contributed by atoms with Crippen LogP contribution in [-0.2, 0) is 4.79 Å². The first-order chi connectivity index (χ1) is 10.9. The molecule has 1 aliphatic carbocycles. The summed E-state index contributed by atoms with van der Waals surface area (Å²) in [6.07, 6.45) is 4.90. The average Bonchev–Trinajstić information content (AvgIpc) is 2.43. The van der Waals surface area contributed by atoms with E-state index in [1.54, 1.807) is 6.92 Å². The summed E-state index contributed by atoms with van der Waals surface area (Å²) in [5.41, 5.74) is 2.79. The maximum atomic E-state index is 11.4. The highest BCUT2D eigenvalue weighted by molar-refractivity contribution is 5.74. The molecular weight excluding hydrogens is 288 g/mol. The number of carbonyl (C=O) groups excluding carboxylic acids is 1. The quantitative estimate of drug-likeness (QED) is 0.854. The molecule has 23 heavy (non-hydrogen) atoms. The third-order valence-electron chi connectivity index (χ3n) is 5.28. The number of amides is 1. The van der Waals surface area contributed by atoms with Gasteiger partial charge < -0.3 is 9.64 Å². The van der Waals surface area contributed by atoms with E-state index < -0.39 is 0 Å². The van der Waals surface area contributed by atoms with Gasteiger partial charge in [0.15, 0.2) is 0 Å². The van der Waals surface area contributed by atoms with Crippen LogP contribution < -0.4 is 4.74 Å². The summed E-state index contributed by atoms with van der Waals surface area (Å²) < 4.78 is 5.78. The number of aryl methyl sites for hydroxylation is 1. The molecule has 1 aromatic rings. The Kier molecular flexibility index (Phi) is 4.35. The normalized spacial score (nSPS) is 20.7. The van der Waals surface area contributed by atoms with Gasteiger partial charge in [0, 0.05) is 43.1 Å². The summed E-state index contributed by atoms with van der Waals surface area (Å²) in [6, 6.07) is 4.23. The molecule has 0 N–H and O–H groups in total. The van der Waals surface area contributed by atoms with Crippen molar-refractivity contribution in [3.05, 3.63) is 23.4 Å². The Morgan fingerprint density at radius 2 is 1.96 bits per heavy atom. The molecule has 1 saturated carbocycles. The van der Waals surface area contributed by atoms with Gasteiger partial charge in [-0.05, 0) is 58.1 Å². The van der Waals surface area contributed by atoms with Crippen molar-refractivity contribution >= 4 is 5.91 Å². The van der Waals surface area contributed by atoms with Crippen LogP contribution in [0.1, 0.15) is 63.6 Å². The number of hydrogen-bond acceptors (Lipinski definition) is 3. The topological polar surface area (TPSA) is 42.4 Å². The number of likely N-dealkylation sites (tertiary alicyclic amines) is 1. The number of rotatable bonds is 3. The highest BCUT2D eigenvalue weighted by Crippen LogP contribution is 2.48. The highest BCUT2D eigenvalue weighted by atomic mass is 16.5. The molecule has 0 atom stereocenters. The molecule has 2 fully saturated rings. The van der Waals surface area contributed by atoms with Crippen molar-refractivity contribution in [2.45, 2.75) is 65.4 Å². The second-order valence-electron chi connectivity index (χ2n) is 7.72. The van der Waals surface area contributed by atoms with Crippen molar-refractivity contribution in [1.82, 2.24) is 9.88 Å². The van der Waals surface area contributed by atoms with Crippen LogP contribution in [0.15, 0.2) is 12.1 Å². The van der Waals surface area contributed by atoms with E-state index >= 15 is 0 Å². The number of carbonyl (C=O) groups is 1. The average molecular weight is 316 g/mol. The van der Waals surface area contributed by atoms with Crippen LogP contribution in [0.25, 0.3) is 0 Å². The van der Waals surface area contributed by atoms with Gasteiger partial charge in [-0.2, -0.15) is 0 Å². The Labute approximate surface area is 139 Å².